The molecule has 3 aromatic carbocycles. The molecule has 1 aliphatic rings. The van der Waals surface area contributed by atoms with Crippen molar-refractivity contribution in [2.24, 2.45) is 0 Å². The first-order chi connectivity index (χ1) is 14.5. The van der Waals surface area contributed by atoms with Crippen LogP contribution in [0.3, 0.4) is 0 Å². The zero-order valence-electron chi connectivity index (χ0n) is 16.0. The van der Waals surface area contributed by atoms with Crippen molar-refractivity contribution in [2.45, 2.75) is 0 Å². The third kappa shape index (κ3) is 4.59. The maximum atomic E-state index is 12.9. The zero-order chi connectivity index (χ0) is 21.1. The molecule has 1 amide bonds. The van der Waals surface area contributed by atoms with Crippen molar-refractivity contribution >= 4 is 72.9 Å². The molecule has 0 radical (unpaired) electrons. The predicted octanol–water partition coefficient (Wildman–Crippen LogP) is 5.22. The third-order valence-electron chi connectivity index (χ3n) is 4.90. The Hall–Kier alpha value is -2.19. The maximum absolute atomic E-state index is 12.9. The number of thiocarbonyl (C=S) groups is 1. The minimum Gasteiger partial charge on any atom is -0.378 e. The van der Waals surface area contributed by atoms with Crippen LogP contribution in [-0.4, -0.2) is 37.3 Å². The Bertz CT molecular complexity index is 1120. The lowest BCUT2D eigenvalue weighted by Gasteiger charge is -2.30. The first-order valence-corrected chi connectivity index (χ1v) is 11.0. The fraction of sp³-hybridized carbons (Fsp3) is 0.182. The summed E-state index contributed by atoms with van der Waals surface area (Å²) in [6.07, 6.45) is 0. The quantitative estimate of drug-likeness (QED) is 0.479. The summed E-state index contributed by atoms with van der Waals surface area (Å²) < 4.78 is 6.37. The van der Waals surface area contributed by atoms with Crippen LogP contribution in [0.25, 0.3) is 10.8 Å². The molecule has 1 heterocycles. The summed E-state index contributed by atoms with van der Waals surface area (Å²) in [6.45, 7) is 2.89. The Morgan fingerprint density at radius 1 is 1.07 bits per heavy atom. The van der Waals surface area contributed by atoms with Crippen molar-refractivity contribution in [1.29, 1.82) is 0 Å². The molecule has 0 unspecified atom stereocenters. The first-order valence-electron chi connectivity index (χ1n) is 9.45. The number of fused-ring (bicyclic) bond motifs is 1. The molecular weight excluding hydrogens is 486 g/mol. The van der Waals surface area contributed by atoms with E-state index in [1.807, 2.05) is 42.5 Å². The third-order valence-corrected chi connectivity index (χ3v) is 6.03. The van der Waals surface area contributed by atoms with E-state index >= 15 is 0 Å². The molecule has 154 valence electrons. The topological polar surface area (TPSA) is 53.6 Å². The van der Waals surface area contributed by atoms with Gasteiger partial charge in [0.15, 0.2) is 5.11 Å². The van der Waals surface area contributed by atoms with Crippen LogP contribution >= 0.6 is 39.7 Å². The molecule has 8 heteroatoms. The normalized spacial score (nSPS) is 13.9. The number of benzene rings is 3. The van der Waals surface area contributed by atoms with Gasteiger partial charge in [-0.3, -0.25) is 10.1 Å². The fourth-order valence-corrected chi connectivity index (χ4v) is 4.36. The van der Waals surface area contributed by atoms with Crippen molar-refractivity contribution in [3.05, 3.63) is 69.7 Å². The van der Waals surface area contributed by atoms with Crippen LogP contribution in [0.15, 0.2) is 59.1 Å². The minimum absolute atomic E-state index is 0.212. The monoisotopic (exact) mass is 503 g/mol. The van der Waals surface area contributed by atoms with Gasteiger partial charge < -0.3 is 15.0 Å². The number of carbonyl (C=O) groups is 1. The van der Waals surface area contributed by atoms with Crippen LogP contribution in [0.4, 0.5) is 11.4 Å². The molecule has 0 bridgehead atoms. The number of carbonyl (C=O) groups excluding carboxylic acids is 1. The second kappa shape index (κ2) is 9.31. The van der Waals surface area contributed by atoms with Crippen LogP contribution in [-0.2, 0) is 4.74 Å². The van der Waals surface area contributed by atoms with Crippen LogP contribution in [0.2, 0.25) is 5.02 Å². The molecule has 30 heavy (non-hydrogen) atoms. The average molecular weight is 505 g/mol. The molecule has 1 saturated heterocycles. The van der Waals surface area contributed by atoms with E-state index in [-0.39, 0.29) is 11.0 Å². The van der Waals surface area contributed by atoms with E-state index in [0.717, 1.165) is 39.7 Å². The van der Waals surface area contributed by atoms with Gasteiger partial charge >= 0.3 is 0 Å². The van der Waals surface area contributed by atoms with Crippen molar-refractivity contribution < 1.29 is 9.53 Å². The maximum Gasteiger partial charge on any atom is 0.258 e. The van der Waals surface area contributed by atoms with E-state index in [1.54, 1.807) is 12.1 Å². The summed E-state index contributed by atoms with van der Waals surface area (Å²) in [5, 5.41) is 8.53. The number of hydrogen-bond acceptors (Lipinski definition) is 4. The van der Waals surface area contributed by atoms with E-state index in [4.69, 9.17) is 28.6 Å². The summed E-state index contributed by atoms with van der Waals surface area (Å²) in [7, 11) is 0. The largest absolute Gasteiger partial charge is 0.378 e. The summed E-state index contributed by atoms with van der Waals surface area (Å²) in [5.74, 6) is -0.272. The Kier molecular flexibility index (Phi) is 6.53. The molecule has 0 saturated carbocycles. The number of morpholine rings is 1. The second-order valence-corrected chi connectivity index (χ2v) is 8.51. The van der Waals surface area contributed by atoms with Gasteiger partial charge in [0.05, 0.1) is 24.6 Å². The van der Waals surface area contributed by atoms with Crippen molar-refractivity contribution in [3.63, 3.8) is 0 Å². The van der Waals surface area contributed by atoms with Gasteiger partial charge in [0.2, 0.25) is 0 Å². The minimum atomic E-state index is -0.272. The number of nitrogens with zero attached hydrogens (tertiary/aromatic N) is 1. The molecule has 2 N–H and O–H groups in total. The van der Waals surface area contributed by atoms with E-state index in [2.05, 4.69) is 31.5 Å². The van der Waals surface area contributed by atoms with Gasteiger partial charge in [0, 0.05) is 28.1 Å². The molecule has 0 aliphatic carbocycles. The lowest BCUT2D eigenvalue weighted by molar-refractivity contribution is 0.0979. The van der Waals surface area contributed by atoms with Crippen molar-refractivity contribution in [3.8, 4) is 0 Å². The zero-order valence-corrected chi connectivity index (χ0v) is 19.1. The van der Waals surface area contributed by atoms with Gasteiger partial charge in [-0.25, -0.2) is 0 Å². The standard InChI is InChI=1S/C22H19BrClN3O2S/c23-18-6-2-3-15-16(18)4-1-5-17(15)21(28)26-22(30)25-19-13-14(24)7-8-20(19)27-9-11-29-12-10-27/h1-8,13H,9-12H2,(H2,25,26,28,30). The number of amides is 1. The highest BCUT2D eigenvalue weighted by atomic mass is 79.9. The molecule has 5 nitrogen and oxygen atoms in total. The number of ether oxygens (including phenoxy) is 1. The van der Waals surface area contributed by atoms with Crippen molar-refractivity contribution in [2.75, 3.05) is 36.5 Å². The van der Waals surface area contributed by atoms with Crippen LogP contribution in [0.1, 0.15) is 10.4 Å². The number of anilines is 2. The van der Waals surface area contributed by atoms with Gasteiger partial charge in [0.1, 0.15) is 0 Å². The van der Waals surface area contributed by atoms with Gasteiger partial charge in [-0.1, -0.05) is 51.8 Å². The van der Waals surface area contributed by atoms with Crippen LogP contribution in [0.5, 0.6) is 0 Å². The molecular formula is C22H19BrClN3O2S. The number of halogens is 2. The molecule has 0 spiro atoms. The first kappa shape index (κ1) is 21.1. The lowest BCUT2D eigenvalue weighted by Crippen LogP contribution is -2.38. The molecule has 3 aromatic rings. The van der Waals surface area contributed by atoms with Gasteiger partial charge in [0.25, 0.3) is 5.91 Å². The van der Waals surface area contributed by atoms with Gasteiger partial charge in [-0.05, 0) is 53.3 Å². The van der Waals surface area contributed by atoms with E-state index in [1.165, 1.54) is 0 Å². The van der Waals surface area contributed by atoms with E-state index in [9.17, 15) is 4.79 Å². The Balaban J connectivity index is 1.54. The second-order valence-electron chi connectivity index (χ2n) is 6.81. The highest BCUT2D eigenvalue weighted by Crippen LogP contribution is 2.30. The Morgan fingerprint density at radius 2 is 1.80 bits per heavy atom. The molecule has 0 aromatic heterocycles. The number of nitrogens with one attached hydrogen (secondary N) is 2. The summed E-state index contributed by atoms with van der Waals surface area (Å²) >= 11 is 15.2. The highest BCUT2D eigenvalue weighted by molar-refractivity contribution is 9.10. The molecule has 1 fully saturated rings. The molecule has 0 atom stereocenters. The molecule has 4 rings (SSSR count). The van der Waals surface area contributed by atoms with Crippen LogP contribution in [0, 0.1) is 0 Å². The van der Waals surface area contributed by atoms with E-state index < -0.39 is 0 Å². The van der Waals surface area contributed by atoms with Crippen molar-refractivity contribution in [1.82, 2.24) is 5.32 Å². The summed E-state index contributed by atoms with van der Waals surface area (Å²) in [5.41, 5.74) is 2.27. The smallest absolute Gasteiger partial charge is 0.258 e. The predicted molar refractivity (Wildman–Crippen MR) is 130 cm³/mol. The average Bonchev–Trinajstić information content (AvgIpc) is 2.74. The summed E-state index contributed by atoms with van der Waals surface area (Å²) in [6, 6.07) is 17.0. The lowest BCUT2D eigenvalue weighted by atomic mass is 10.0. The number of rotatable bonds is 3. The van der Waals surface area contributed by atoms with Crippen LogP contribution < -0.4 is 15.5 Å². The van der Waals surface area contributed by atoms with E-state index in [0.29, 0.717) is 23.8 Å². The number of hydrogen-bond donors (Lipinski definition) is 2. The summed E-state index contributed by atoms with van der Waals surface area (Å²) in [4.78, 5) is 15.1. The molecule has 1 aliphatic heterocycles. The Morgan fingerprint density at radius 3 is 2.60 bits per heavy atom. The van der Waals surface area contributed by atoms with Gasteiger partial charge in [-0.15, -0.1) is 0 Å². The Labute approximate surface area is 193 Å². The SMILES string of the molecule is O=C(NC(=S)Nc1cc(Cl)ccc1N1CCOCC1)c1cccc2c(Br)cccc12. The highest BCUT2D eigenvalue weighted by Gasteiger charge is 2.17. The van der Waals surface area contributed by atoms with Gasteiger partial charge in [-0.2, -0.15) is 0 Å². The fourth-order valence-electron chi connectivity index (χ4n) is 3.48.